The summed E-state index contributed by atoms with van der Waals surface area (Å²) in [5.74, 6) is -13.2. The van der Waals surface area contributed by atoms with Gasteiger partial charge in [0.25, 0.3) is 5.91 Å². The van der Waals surface area contributed by atoms with E-state index in [0.29, 0.717) is 0 Å². The van der Waals surface area contributed by atoms with Crippen LogP contribution in [-0.4, -0.2) is 25.0 Å². The highest BCUT2D eigenvalue weighted by Crippen LogP contribution is 2.47. The summed E-state index contributed by atoms with van der Waals surface area (Å²) in [6, 6.07) is 15.2. The molecule has 11 heteroatoms. The monoisotopic (exact) mass is 494 g/mol. The molecule has 176 valence electrons. The number of rotatable bonds is 6. The van der Waals surface area contributed by atoms with Crippen molar-refractivity contribution in [1.82, 2.24) is 0 Å². The van der Waals surface area contributed by atoms with Crippen molar-refractivity contribution in [1.29, 1.82) is 0 Å². The van der Waals surface area contributed by atoms with Crippen LogP contribution in [0.5, 0.6) is 0 Å². The standard InChI is InChI=1S/C23H15F5N2O3S/c24-18-19(25)21(27)23(22(28)20(18)26)29-16(31)11-33-17(32)9-10-30-12-5-1-3-7-14(12)34-15-8-4-2-6-13(15)30/h1-8H,9-11H2,(H,29,31). The van der Waals surface area contributed by atoms with Gasteiger partial charge in [0, 0.05) is 16.3 Å². The first kappa shape index (κ1) is 23.6. The molecule has 1 aliphatic heterocycles. The van der Waals surface area contributed by atoms with Crippen LogP contribution >= 0.6 is 11.8 Å². The Morgan fingerprint density at radius 3 is 1.85 bits per heavy atom. The number of nitrogens with zero attached hydrogens (tertiary/aromatic N) is 1. The molecule has 0 fully saturated rings. The Morgan fingerprint density at radius 2 is 1.29 bits per heavy atom. The number of hydrogen-bond acceptors (Lipinski definition) is 5. The van der Waals surface area contributed by atoms with Gasteiger partial charge in [0.05, 0.1) is 17.8 Å². The van der Waals surface area contributed by atoms with Crippen LogP contribution in [-0.2, 0) is 14.3 Å². The molecule has 0 bridgehead atoms. The lowest BCUT2D eigenvalue weighted by Gasteiger charge is -2.32. The van der Waals surface area contributed by atoms with Crippen molar-refractivity contribution >= 4 is 40.7 Å². The quantitative estimate of drug-likeness (QED) is 0.211. The molecule has 3 aromatic carbocycles. The summed E-state index contributed by atoms with van der Waals surface area (Å²) in [6.45, 7) is -0.756. The van der Waals surface area contributed by atoms with Gasteiger partial charge in [0.15, 0.2) is 29.9 Å². The largest absolute Gasteiger partial charge is 0.456 e. The number of carbonyl (C=O) groups excluding carboxylic acids is 2. The van der Waals surface area contributed by atoms with Gasteiger partial charge >= 0.3 is 5.97 Å². The molecule has 0 radical (unpaired) electrons. The molecular weight excluding hydrogens is 479 g/mol. The number of halogens is 5. The van der Waals surface area contributed by atoms with E-state index in [4.69, 9.17) is 4.74 Å². The van der Waals surface area contributed by atoms with Gasteiger partial charge in [0.1, 0.15) is 5.69 Å². The predicted octanol–water partition coefficient (Wildman–Crippen LogP) is 5.56. The lowest BCUT2D eigenvalue weighted by atomic mass is 10.2. The minimum Gasteiger partial charge on any atom is -0.456 e. The van der Waals surface area contributed by atoms with E-state index < -0.39 is 53.3 Å². The molecule has 1 heterocycles. The van der Waals surface area contributed by atoms with Gasteiger partial charge < -0.3 is 15.0 Å². The third-order valence-corrected chi connectivity index (χ3v) is 6.04. The highest BCUT2D eigenvalue weighted by molar-refractivity contribution is 7.99. The van der Waals surface area contributed by atoms with Crippen molar-refractivity contribution in [3.8, 4) is 0 Å². The first-order chi connectivity index (χ1) is 16.3. The van der Waals surface area contributed by atoms with E-state index in [-0.39, 0.29) is 13.0 Å². The Morgan fingerprint density at radius 1 is 0.794 bits per heavy atom. The first-order valence-corrected chi connectivity index (χ1v) is 10.7. The number of amides is 1. The highest BCUT2D eigenvalue weighted by Gasteiger charge is 2.27. The fourth-order valence-corrected chi connectivity index (χ4v) is 4.43. The van der Waals surface area contributed by atoms with Gasteiger partial charge in [-0.05, 0) is 24.3 Å². The number of benzene rings is 3. The predicted molar refractivity (Wildman–Crippen MR) is 114 cm³/mol. The van der Waals surface area contributed by atoms with Crippen molar-refractivity contribution in [3.63, 3.8) is 0 Å². The molecule has 0 saturated carbocycles. The minimum absolute atomic E-state index is 0.136. The fraction of sp³-hybridized carbons (Fsp3) is 0.130. The topological polar surface area (TPSA) is 58.6 Å². The van der Waals surface area contributed by atoms with E-state index in [2.05, 4.69) is 0 Å². The number of nitrogens with one attached hydrogen (secondary N) is 1. The summed E-state index contributed by atoms with van der Waals surface area (Å²) in [5, 5.41) is 1.55. The molecule has 0 atom stereocenters. The fourth-order valence-electron chi connectivity index (χ4n) is 3.33. The second-order valence-electron chi connectivity index (χ2n) is 7.09. The van der Waals surface area contributed by atoms with Crippen LogP contribution in [0.25, 0.3) is 0 Å². The Labute approximate surface area is 194 Å². The maximum absolute atomic E-state index is 13.7. The molecule has 5 nitrogen and oxygen atoms in total. The van der Waals surface area contributed by atoms with Crippen LogP contribution in [0.4, 0.5) is 39.0 Å². The summed E-state index contributed by atoms with van der Waals surface area (Å²) in [4.78, 5) is 28.0. The van der Waals surface area contributed by atoms with Crippen LogP contribution in [0.2, 0.25) is 0 Å². The van der Waals surface area contributed by atoms with E-state index in [9.17, 15) is 31.5 Å². The van der Waals surface area contributed by atoms with Crippen LogP contribution in [0.15, 0.2) is 58.3 Å². The molecular formula is C23H15F5N2O3S. The highest BCUT2D eigenvalue weighted by atomic mass is 32.2. The van der Waals surface area contributed by atoms with E-state index in [1.165, 1.54) is 0 Å². The summed E-state index contributed by atoms with van der Waals surface area (Å²) in [7, 11) is 0. The number of fused-ring (bicyclic) bond motifs is 2. The van der Waals surface area contributed by atoms with E-state index in [0.717, 1.165) is 21.2 Å². The average Bonchev–Trinajstić information content (AvgIpc) is 2.85. The van der Waals surface area contributed by atoms with Crippen LogP contribution in [0.1, 0.15) is 6.42 Å². The number of hydrogen-bond donors (Lipinski definition) is 1. The normalized spacial score (nSPS) is 12.1. The lowest BCUT2D eigenvalue weighted by Crippen LogP contribution is -2.26. The molecule has 0 unspecified atom stereocenters. The molecule has 0 saturated heterocycles. The summed E-state index contributed by atoms with van der Waals surface area (Å²) >= 11 is 1.59. The van der Waals surface area contributed by atoms with Crippen molar-refractivity contribution < 1.29 is 36.3 Å². The summed E-state index contributed by atoms with van der Waals surface area (Å²) in [6.07, 6.45) is -0.136. The van der Waals surface area contributed by atoms with Crippen molar-refractivity contribution in [2.45, 2.75) is 16.2 Å². The third-order valence-electron chi connectivity index (χ3n) is 4.91. The third kappa shape index (κ3) is 4.56. The second-order valence-corrected chi connectivity index (χ2v) is 8.18. The average molecular weight is 494 g/mol. The maximum Gasteiger partial charge on any atom is 0.308 e. The van der Waals surface area contributed by atoms with Crippen molar-refractivity contribution in [2.24, 2.45) is 0 Å². The van der Waals surface area contributed by atoms with Gasteiger partial charge in [-0.1, -0.05) is 36.0 Å². The maximum atomic E-state index is 13.7. The number of carbonyl (C=O) groups is 2. The van der Waals surface area contributed by atoms with Crippen LogP contribution in [0, 0.1) is 29.1 Å². The Bertz CT molecular complexity index is 1210. The van der Waals surface area contributed by atoms with Gasteiger partial charge in [-0.15, -0.1) is 0 Å². The number of esters is 1. The minimum atomic E-state index is -2.35. The number of ether oxygens (including phenoxy) is 1. The van der Waals surface area contributed by atoms with Crippen LogP contribution in [0.3, 0.4) is 0 Å². The van der Waals surface area contributed by atoms with E-state index >= 15 is 0 Å². The molecule has 1 aliphatic rings. The second kappa shape index (κ2) is 9.72. The smallest absolute Gasteiger partial charge is 0.308 e. The molecule has 3 aromatic rings. The zero-order chi connectivity index (χ0) is 24.4. The first-order valence-electron chi connectivity index (χ1n) is 9.88. The zero-order valence-corrected chi connectivity index (χ0v) is 18.0. The Hall–Kier alpha value is -3.60. The van der Waals surface area contributed by atoms with Gasteiger partial charge in [-0.25, -0.2) is 22.0 Å². The molecule has 4 rings (SSSR count). The van der Waals surface area contributed by atoms with Crippen molar-refractivity contribution in [2.75, 3.05) is 23.4 Å². The van der Waals surface area contributed by atoms with E-state index in [1.807, 2.05) is 53.4 Å². The number of para-hydroxylation sites is 2. The molecule has 1 N–H and O–H groups in total. The lowest BCUT2D eigenvalue weighted by molar-refractivity contribution is -0.147. The zero-order valence-electron chi connectivity index (χ0n) is 17.2. The van der Waals surface area contributed by atoms with E-state index in [1.54, 1.807) is 17.1 Å². The summed E-state index contributed by atoms with van der Waals surface area (Å²) < 4.78 is 71.8. The van der Waals surface area contributed by atoms with Gasteiger partial charge in [0.2, 0.25) is 5.82 Å². The van der Waals surface area contributed by atoms with Gasteiger partial charge in [-0.2, -0.15) is 0 Å². The molecule has 0 aliphatic carbocycles. The van der Waals surface area contributed by atoms with Crippen LogP contribution < -0.4 is 10.2 Å². The molecule has 0 aromatic heterocycles. The molecule has 1 amide bonds. The van der Waals surface area contributed by atoms with Crippen molar-refractivity contribution in [3.05, 3.63) is 77.6 Å². The molecule has 34 heavy (non-hydrogen) atoms. The Balaban J connectivity index is 1.38. The summed E-state index contributed by atoms with van der Waals surface area (Å²) in [5.41, 5.74) is 0.266. The molecule has 0 spiro atoms. The Kier molecular flexibility index (Phi) is 6.73. The number of anilines is 3. The SMILES string of the molecule is O=C(COC(=O)CCN1c2ccccc2Sc2ccccc21)Nc1c(F)c(F)c(F)c(F)c1F. The van der Waals surface area contributed by atoms with Gasteiger partial charge in [-0.3, -0.25) is 9.59 Å².